The quantitative estimate of drug-likeness (QED) is 0.145. The van der Waals surface area contributed by atoms with Crippen LogP contribution in [0.3, 0.4) is 0 Å². The summed E-state index contributed by atoms with van der Waals surface area (Å²) >= 11 is 2.18. The van der Waals surface area contributed by atoms with Gasteiger partial charge in [-0.2, -0.15) is 4.89 Å². The molecule has 0 aliphatic rings. The van der Waals surface area contributed by atoms with Crippen LogP contribution in [0.2, 0.25) is 0 Å². The molecule has 0 aliphatic carbocycles. The smallest absolute Gasteiger partial charge is 0.165 e. The van der Waals surface area contributed by atoms with Gasteiger partial charge in [0.2, 0.25) is 0 Å². The van der Waals surface area contributed by atoms with E-state index in [2.05, 4.69) is 26.9 Å². The maximum Gasteiger partial charge on any atom is 0.165 e. The molecule has 1 atom stereocenters. The molecule has 0 fully saturated rings. The van der Waals surface area contributed by atoms with Gasteiger partial charge in [0.15, 0.2) is 5.75 Å². The second-order valence-electron chi connectivity index (χ2n) is 4.10. The fourth-order valence-corrected chi connectivity index (χ4v) is 2.37. The van der Waals surface area contributed by atoms with Crippen LogP contribution in [0.1, 0.15) is 5.56 Å². The second kappa shape index (κ2) is 14.6. The molecule has 0 saturated heterocycles. The minimum Gasteiger partial charge on any atom is -0.377 e. The highest BCUT2D eigenvalue weighted by Gasteiger charge is 1.98. The van der Waals surface area contributed by atoms with Crippen molar-refractivity contribution in [2.24, 2.45) is 0 Å². The van der Waals surface area contributed by atoms with Crippen molar-refractivity contribution in [2.45, 2.75) is 6.61 Å². The summed E-state index contributed by atoms with van der Waals surface area (Å²) in [5.41, 5.74) is 1.02. The largest absolute Gasteiger partial charge is 0.377 e. The number of halogens is 1. The van der Waals surface area contributed by atoms with Crippen molar-refractivity contribution in [1.29, 1.82) is 0 Å². The number of ether oxygens (including phenoxy) is 3. The topological polar surface area (TPSA) is 55.4 Å². The van der Waals surface area contributed by atoms with E-state index in [1.54, 1.807) is 0 Å². The van der Waals surface area contributed by atoms with Crippen LogP contribution in [0.25, 0.3) is 0 Å². The van der Waals surface area contributed by atoms with Crippen molar-refractivity contribution in [3.8, 4) is 5.75 Å². The summed E-state index contributed by atoms with van der Waals surface area (Å²) < 4.78 is 21.4. The standard InChI is InChI=1S/C14H22IO6P/c1-16-21-14-4-2-3-13(11-14)12-19-8-7-17-5-6-18-9-10-20-22-15/h2-4,11,22H,5-10,12H2,1H3. The van der Waals surface area contributed by atoms with Gasteiger partial charge in [-0.3, -0.25) is 0 Å². The highest BCUT2D eigenvalue weighted by Crippen LogP contribution is 2.20. The lowest BCUT2D eigenvalue weighted by Gasteiger charge is -2.07. The highest BCUT2D eigenvalue weighted by molar-refractivity contribution is 14.2. The van der Waals surface area contributed by atoms with Crippen LogP contribution in [-0.2, 0) is 30.2 Å². The summed E-state index contributed by atoms with van der Waals surface area (Å²) in [7, 11) is 1.47. The lowest BCUT2D eigenvalue weighted by molar-refractivity contribution is -0.178. The molecule has 0 saturated carbocycles. The van der Waals surface area contributed by atoms with Gasteiger partial charge in [0, 0.05) is 0 Å². The van der Waals surface area contributed by atoms with Crippen LogP contribution in [0.4, 0.5) is 0 Å². The van der Waals surface area contributed by atoms with Gasteiger partial charge in [-0.15, -0.1) is 0 Å². The van der Waals surface area contributed by atoms with Gasteiger partial charge in [-0.25, -0.2) is 0 Å². The zero-order chi connectivity index (χ0) is 15.9. The summed E-state index contributed by atoms with van der Waals surface area (Å²) in [6, 6.07) is 7.55. The van der Waals surface area contributed by atoms with Gasteiger partial charge < -0.3 is 23.6 Å². The molecule has 0 aliphatic heterocycles. The van der Waals surface area contributed by atoms with E-state index in [0.717, 1.165) is 5.56 Å². The molecule has 1 unspecified atom stereocenters. The molecule has 0 bridgehead atoms. The Bertz CT molecular complexity index is 382. The third-order valence-corrected chi connectivity index (χ3v) is 3.72. The van der Waals surface area contributed by atoms with Crippen molar-refractivity contribution >= 4 is 28.5 Å². The summed E-state index contributed by atoms with van der Waals surface area (Å²) in [6.45, 7) is 4.45. The average Bonchev–Trinajstić information content (AvgIpc) is 2.53. The minimum atomic E-state index is 0.484. The van der Waals surface area contributed by atoms with Gasteiger partial charge in [0.05, 0.1) is 59.8 Å². The molecule has 1 aromatic carbocycles. The van der Waals surface area contributed by atoms with Crippen molar-refractivity contribution in [3.63, 3.8) is 0 Å². The van der Waals surface area contributed by atoms with Crippen molar-refractivity contribution in [2.75, 3.05) is 46.8 Å². The van der Waals surface area contributed by atoms with E-state index >= 15 is 0 Å². The lowest BCUT2D eigenvalue weighted by atomic mass is 10.2. The molecule has 126 valence electrons. The molecule has 0 N–H and O–H groups in total. The number of rotatable bonds is 14. The zero-order valence-electron chi connectivity index (χ0n) is 12.6. The SMILES string of the molecule is COOc1cccc(COCCOCCOCCOPI)c1. The third-order valence-electron chi connectivity index (χ3n) is 2.48. The van der Waals surface area contributed by atoms with Crippen molar-refractivity contribution in [3.05, 3.63) is 29.8 Å². The number of hydrogen-bond donors (Lipinski definition) is 0. The van der Waals surface area contributed by atoms with Crippen LogP contribution in [0, 0.1) is 0 Å². The molecule has 0 aromatic heterocycles. The molecular weight excluding hydrogens is 422 g/mol. The van der Waals surface area contributed by atoms with E-state index in [0.29, 0.717) is 58.4 Å². The van der Waals surface area contributed by atoms with Gasteiger partial charge >= 0.3 is 0 Å². The Morgan fingerprint density at radius 2 is 1.64 bits per heavy atom. The predicted octanol–water partition coefficient (Wildman–Crippen LogP) is 3.14. The minimum absolute atomic E-state index is 0.484. The fourth-order valence-electron chi connectivity index (χ4n) is 1.55. The van der Waals surface area contributed by atoms with Gasteiger partial charge in [0.1, 0.15) is 0 Å². The third kappa shape index (κ3) is 10.7. The summed E-state index contributed by atoms with van der Waals surface area (Å²) in [6.07, 6.45) is 0. The van der Waals surface area contributed by atoms with E-state index in [-0.39, 0.29) is 0 Å². The number of hydrogen-bond acceptors (Lipinski definition) is 6. The Labute approximate surface area is 146 Å². The van der Waals surface area contributed by atoms with Gasteiger partial charge in [-0.1, -0.05) is 12.1 Å². The first kappa shape index (κ1) is 20.0. The predicted molar refractivity (Wildman–Crippen MR) is 93.7 cm³/mol. The van der Waals surface area contributed by atoms with E-state index < -0.39 is 0 Å². The zero-order valence-corrected chi connectivity index (χ0v) is 15.7. The Hall–Kier alpha value is -0.0200. The maximum atomic E-state index is 5.53. The molecular formula is C14H22IO6P. The molecule has 0 heterocycles. The monoisotopic (exact) mass is 444 g/mol. The van der Waals surface area contributed by atoms with E-state index in [1.165, 1.54) is 7.11 Å². The second-order valence-corrected chi connectivity index (χ2v) is 5.86. The van der Waals surface area contributed by atoms with Crippen LogP contribution in [0.15, 0.2) is 24.3 Å². The molecule has 22 heavy (non-hydrogen) atoms. The Morgan fingerprint density at radius 1 is 0.955 bits per heavy atom. The molecule has 0 radical (unpaired) electrons. The molecule has 8 heteroatoms. The first-order valence-corrected chi connectivity index (χ1v) is 10.9. The van der Waals surface area contributed by atoms with E-state index in [4.69, 9.17) is 23.6 Å². The fraction of sp³-hybridized carbons (Fsp3) is 0.571. The van der Waals surface area contributed by atoms with Gasteiger partial charge in [0.25, 0.3) is 0 Å². The van der Waals surface area contributed by atoms with Crippen molar-refractivity contribution in [1.82, 2.24) is 0 Å². The highest BCUT2D eigenvalue weighted by atomic mass is 127. The van der Waals surface area contributed by atoms with Crippen LogP contribution in [-0.4, -0.2) is 46.8 Å². The van der Waals surface area contributed by atoms with Crippen molar-refractivity contribution < 1.29 is 28.5 Å². The van der Waals surface area contributed by atoms with Crippen LogP contribution < -0.4 is 4.89 Å². The maximum absolute atomic E-state index is 5.53. The first-order valence-electron chi connectivity index (χ1n) is 6.87. The summed E-state index contributed by atoms with van der Waals surface area (Å²) in [5.74, 6) is 0.657. The Balaban J connectivity index is 1.94. The number of benzene rings is 1. The summed E-state index contributed by atoms with van der Waals surface area (Å²) in [5, 5.41) is 0. The lowest BCUT2D eigenvalue weighted by Crippen LogP contribution is -2.11. The first-order chi connectivity index (χ1) is 10.9. The Kier molecular flexibility index (Phi) is 13.3. The van der Waals surface area contributed by atoms with Crippen LogP contribution >= 0.6 is 28.5 Å². The summed E-state index contributed by atoms with van der Waals surface area (Å²) in [4.78, 5) is 9.56. The Morgan fingerprint density at radius 3 is 2.32 bits per heavy atom. The average molecular weight is 444 g/mol. The molecule has 1 aromatic rings. The molecule has 6 nitrogen and oxygen atoms in total. The molecule has 0 spiro atoms. The molecule has 0 amide bonds. The molecule has 1 rings (SSSR count). The van der Waals surface area contributed by atoms with Crippen LogP contribution in [0.5, 0.6) is 5.75 Å². The van der Waals surface area contributed by atoms with E-state index in [1.807, 2.05) is 24.3 Å². The normalized spacial score (nSPS) is 11.4. The van der Waals surface area contributed by atoms with E-state index in [9.17, 15) is 0 Å². The van der Waals surface area contributed by atoms with Gasteiger partial charge in [-0.05, 0) is 39.7 Å².